The van der Waals surface area contributed by atoms with Gasteiger partial charge in [-0.2, -0.15) is 0 Å². The maximum absolute atomic E-state index is 13.1. The molecule has 140 valence electrons. The van der Waals surface area contributed by atoms with Gasteiger partial charge in [-0.05, 0) is 37.8 Å². The number of amides is 1. The maximum atomic E-state index is 13.1. The predicted molar refractivity (Wildman–Crippen MR) is 104 cm³/mol. The van der Waals surface area contributed by atoms with Crippen LogP contribution in [0.2, 0.25) is 0 Å². The third-order valence-corrected chi connectivity index (χ3v) is 4.86. The smallest absolute Gasteiger partial charge is 0.226 e. The topological polar surface area (TPSA) is 60.8 Å². The average molecular weight is 355 g/mol. The second-order valence-corrected chi connectivity index (χ2v) is 7.02. The van der Waals surface area contributed by atoms with Crippen molar-refractivity contribution >= 4 is 5.91 Å². The molecule has 4 nitrogen and oxygen atoms in total. The van der Waals surface area contributed by atoms with Gasteiger partial charge in [0.1, 0.15) is 0 Å². The summed E-state index contributed by atoms with van der Waals surface area (Å²) in [6, 6.07) is 18.8. The highest BCUT2D eigenvalue weighted by Crippen LogP contribution is 2.23. The molecule has 0 radical (unpaired) electrons. The molecule has 0 saturated carbocycles. The molecule has 1 unspecified atom stereocenters. The zero-order valence-electron chi connectivity index (χ0n) is 15.7. The van der Waals surface area contributed by atoms with Crippen LogP contribution >= 0.6 is 0 Å². The highest BCUT2D eigenvalue weighted by atomic mass is 16.3. The Morgan fingerprint density at radius 1 is 0.962 bits per heavy atom. The molecule has 2 rings (SSSR count). The number of aliphatic hydroxyl groups is 2. The second-order valence-electron chi connectivity index (χ2n) is 7.02. The molecule has 0 bridgehead atoms. The number of carbonyl (C=O) groups is 1. The summed E-state index contributed by atoms with van der Waals surface area (Å²) < 4.78 is 0. The van der Waals surface area contributed by atoms with E-state index in [4.69, 9.17) is 0 Å². The molecule has 2 aromatic rings. The largest absolute Gasteiger partial charge is 0.393 e. The number of benzene rings is 2. The molecule has 2 aromatic carbocycles. The number of carbonyl (C=O) groups excluding carboxylic acids is 1. The van der Waals surface area contributed by atoms with Crippen molar-refractivity contribution in [3.63, 3.8) is 0 Å². The highest BCUT2D eigenvalue weighted by molar-refractivity contribution is 5.79. The molecule has 2 N–H and O–H groups in total. The van der Waals surface area contributed by atoms with E-state index in [-0.39, 0.29) is 17.9 Å². The van der Waals surface area contributed by atoms with Crippen LogP contribution in [0.1, 0.15) is 37.5 Å². The van der Waals surface area contributed by atoms with Gasteiger partial charge in [0.25, 0.3) is 0 Å². The van der Waals surface area contributed by atoms with Crippen LogP contribution in [0, 0.1) is 5.92 Å². The number of hydrogen-bond donors (Lipinski definition) is 2. The van der Waals surface area contributed by atoms with Gasteiger partial charge in [0.2, 0.25) is 5.91 Å². The van der Waals surface area contributed by atoms with Gasteiger partial charge < -0.3 is 15.1 Å². The number of hydrogen-bond acceptors (Lipinski definition) is 3. The average Bonchev–Trinajstić information content (AvgIpc) is 2.66. The molecule has 0 fully saturated rings. The van der Waals surface area contributed by atoms with Gasteiger partial charge in [-0.15, -0.1) is 0 Å². The van der Waals surface area contributed by atoms with Gasteiger partial charge in [0.15, 0.2) is 0 Å². The Kier molecular flexibility index (Phi) is 7.37. The van der Waals surface area contributed by atoms with Gasteiger partial charge in [0.05, 0.1) is 18.2 Å². The molecule has 1 amide bonds. The molecule has 0 aliphatic heterocycles. The normalized spacial score (nSPS) is 15.7. The van der Waals surface area contributed by atoms with E-state index >= 15 is 0 Å². The lowest BCUT2D eigenvalue weighted by Crippen LogP contribution is -2.43. The molecule has 0 aliphatic rings. The summed E-state index contributed by atoms with van der Waals surface area (Å²) in [6.45, 7) is 3.55. The van der Waals surface area contributed by atoms with E-state index in [1.807, 2.05) is 67.6 Å². The standard InChI is InChI=1S/C22H29NO3/c1-16(24)14-20(15-18-10-6-4-7-11-18)22(26)23(3)17(2)21(25)19-12-8-5-9-13-19/h4-13,16-17,20-21,24-25H,14-15H2,1-3H3/t16?,17-,20+,21+/m0/s1. The summed E-state index contributed by atoms with van der Waals surface area (Å²) >= 11 is 0. The number of nitrogens with zero attached hydrogens (tertiary/aromatic N) is 1. The lowest BCUT2D eigenvalue weighted by molar-refractivity contribution is -0.139. The molecule has 0 aromatic heterocycles. The van der Waals surface area contributed by atoms with Crippen molar-refractivity contribution in [2.45, 2.75) is 44.9 Å². The number of likely N-dealkylation sites (N-methyl/N-ethyl adjacent to an activating group) is 1. The van der Waals surface area contributed by atoms with Crippen LogP contribution in [-0.4, -0.2) is 40.2 Å². The first-order valence-electron chi connectivity index (χ1n) is 9.11. The SMILES string of the molecule is CC(O)C[C@H](Cc1ccccc1)C(=O)N(C)[C@@H](C)[C@@H](O)c1ccccc1. The van der Waals surface area contributed by atoms with E-state index < -0.39 is 12.2 Å². The molecule has 26 heavy (non-hydrogen) atoms. The van der Waals surface area contributed by atoms with E-state index in [0.717, 1.165) is 11.1 Å². The van der Waals surface area contributed by atoms with Crippen LogP contribution in [0.25, 0.3) is 0 Å². The Morgan fingerprint density at radius 3 is 2.04 bits per heavy atom. The first kappa shape index (κ1) is 20.1. The number of rotatable bonds is 8. The van der Waals surface area contributed by atoms with Crippen molar-refractivity contribution in [1.82, 2.24) is 4.90 Å². The van der Waals surface area contributed by atoms with E-state index in [0.29, 0.717) is 12.8 Å². The fourth-order valence-electron chi connectivity index (χ4n) is 3.21. The molecule has 0 aliphatic carbocycles. The fraction of sp³-hybridized carbons (Fsp3) is 0.409. The highest BCUT2D eigenvalue weighted by Gasteiger charge is 2.30. The van der Waals surface area contributed by atoms with E-state index in [2.05, 4.69) is 0 Å². The van der Waals surface area contributed by atoms with Crippen LogP contribution < -0.4 is 0 Å². The van der Waals surface area contributed by atoms with Crippen molar-refractivity contribution in [2.24, 2.45) is 5.92 Å². The summed E-state index contributed by atoms with van der Waals surface area (Å²) in [7, 11) is 1.72. The molecule has 0 spiro atoms. The Labute approximate surface area is 156 Å². The van der Waals surface area contributed by atoms with Crippen LogP contribution in [0.3, 0.4) is 0 Å². The van der Waals surface area contributed by atoms with Crippen LogP contribution in [0.5, 0.6) is 0 Å². The first-order valence-corrected chi connectivity index (χ1v) is 9.11. The molecule has 4 heteroatoms. The minimum atomic E-state index is -0.755. The van der Waals surface area contributed by atoms with Gasteiger partial charge >= 0.3 is 0 Å². The lowest BCUT2D eigenvalue weighted by atomic mass is 9.91. The van der Waals surface area contributed by atoms with Crippen molar-refractivity contribution in [1.29, 1.82) is 0 Å². The van der Waals surface area contributed by atoms with Crippen molar-refractivity contribution in [3.8, 4) is 0 Å². The Morgan fingerprint density at radius 2 is 1.50 bits per heavy atom. The summed E-state index contributed by atoms with van der Waals surface area (Å²) in [5.74, 6) is -0.384. The van der Waals surface area contributed by atoms with Gasteiger partial charge in [-0.3, -0.25) is 4.79 Å². The predicted octanol–water partition coefficient (Wildman–Crippen LogP) is 3.20. The first-order chi connectivity index (χ1) is 12.4. The van der Waals surface area contributed by atoms with E-state index in [9.17, 15) is 15.0 Å². The summed E-state index contributed by atoms with van der Waals surface area (Å²) in [5.41, 5.74) is 1.85. The quantitative estimate of drug-likeness (QED) is 0.764. The molecule has 4 atom stereocenters. The molecule has 0 heterocycles. The maximum Gasteiger partial charge on any atom is 0.226 e. The van der Waals surface area contributed by atoms with Gasteiger partial charge in [0, 0.05) is 13.0 Å². The molecule has 0 saturated heterocycles. The van der Waals surface area contributed by atoms with Gasteiger partial charge in [-0.25, -0.2) is 0 Å². The molecular weight excluding hydrogens is 326 g/mol. The van der Waals surface area contributed by atoms with Crippen LogP contribution in [0.15, 0.2) is 60.7 Å². The van der Waals surface area contributed by atoms with Gasteiger partial charge in [-0.1, -0.05) is 60.7 Å². The fourth-order valence-corrected chi connectivity index (χ4v) is 3.21. The Balaban J connectivity index is 2.12. The summed E-state index contributed by atoms with van der Waals surface area (Å²) in [4.78, 5) is 14.7. The lowest BCUT2D eigenvalue weighted by Gasteiger charge is -2.32. The minimum absolute atomic E-state index is 0.0581. The van der Waals surface area contributed by atoms with Crippen molar-refractivity contribution in [2.75, 3.05) is 7.05 Å². The minimum Gasteiger partial charge on any atom is -0.393 e. The van der Waals surface area contributed by atoms with E-state index in [1.54, 1.807) is 18.9 Å². The molecular formula is C22H29NO3. The van der Waals surface area contributed by atoms with Crippen LogP contribution in [-0.2, 0) is 11.2 Å². The zero-order valence-corrected chi connectivity index (χ0v) is 15.7. The van der Waals surface area contributed by atoms with E-state index in [1.165, 1.54) is 0 Å². The monoisotopic (exact) mass is 355 g/mol. The second kappa shape index (κ2) is 9.51. The number of aliphatic hydroxyl groups excluding tert-OH is 2. The Bertz CT molecular complexity index is 672. The van der Waals surface area contributed by atoms with Crippen LogP contribution in [0.4, 0.5) is 0 Å². The summed E-state index contributed by atoms with van der Waals surface area (Å²) in [5, 5.41) is 20.5. The summed E-state index contributed by atoms with van der Waals surface area (Å²) in [6.07, 6.45) is -0.348. The zero-order chi connectivity index (χ0) is 19.1. The third kappa shape index (κ3) is 5.41. The van der Waals surface area contributed by atoms with Crippen molar-refractivity contribution in [3.05, 3.63) is 71.8 Å². The Hall–Kier alpha value is -2.17. The third-order valence-electron chi connectivity index (χ3n) is 4.86. The van der Waals surface area contributed by atoms with Crippen molar-refractivity contribution < 1.29 is 15.0 Å².